The Morgan fingerprint density at radius 1 is 1.08 bits per heavy atom. The van der Waals surface area contributed by atoms with Crippen LogP contribution >= 0.6 is 11.6 Å². The van der Waals surface area contributed by atoms with Gasteiger partial charge in [-0.3, -0.25) is 4.79 Å². The highest BCUT2D eigenvalue weighted by Crippen LogP contribution is 2.28. The number of nitrogens with one attached hydrogen (secondary N) is 1. The summed E-state index contributed by atoms with van der Waals surface area (Å²) in [4.78, 5) is 14.8. The third-order valence-corrected chi connectivity index (χ3v) is 4.34. The standard InChI is InChI=1S/C20H25ClN2O3/c1-23(2)12-11-17(14-5-8-16(21)9-6-14)22-20(24)15-7-10-18(25-3)19(13-15)26-4/h5-10,13,17H,11-12H2,1-4H3,(H,22,24). The molecule has 0 aromatic heterocycles. The molecule has 0 saturated heterocycles. The third kappa shape index (κ3) is 5.38. The topological polar surface area (TPSA) is 50.8 Å². The lowest BCUT2D eigenvalue weighted by Gasteiger charge is -2.21. The van der Waals surface area contributed by atoms with Crippen molar-refractivity contribution in [2.24, 2.45) is 0 Å². The average molecular weight is 377 g/mol. The van der Waals surface area contributed by atoms with E-state index in [-0.39, 0.29) is 11.9 Å². The number of amides is 1. The molecule has 2 aromatic carbocycles. The van der Waals surface area contributed by atoms with Crippen molar-refractivity contribution in [3.63, 3.8) is 0 Å². The van der Waals surface area contributed by atoms with Gasteiger partial charge in [0.1, 0.15) is 0 Å². The van der Waals surface area contributed by atoms with Gasteiger partial charge >= 0.3 is 0 Å². The number of carbonyl (C=O) groups is 1. The largest absolute Gasteiger partial charge is 0.493 e. The van der Waals surface area contributed by atoms with Crippen LogP contribution in [0.4, 0.5) is 0 Å². The van der Waals surface area contributed by atoms with Crippen molar-refractivity contribution >= 4 is 17.5 Å². The number of hydrogen-bond acceptors (Lipinski definition) is 4. The van der Waals surface area contributed by atoms with Crippen molar-refractivity contribution in [1.82, 2.24) is 10.2 Å². The second kappa shape index (κ2) is 9.46. The van der Waals surface area contributed by atoms with Gasteiger partial charge in [0.25, 0.3) is 5.91 Å². The first-order valence-electron chi connectivity index (χ1n) is 8.37. The van der Waals surface area contributed by atoms with Crippen molar-refractivity contribution in [1.29, 1.82) is 0 Å². The van der Waals surface area contributed by atoms with Gasteiger partial charge in [0.05, 0.1) is 20.3 Å². The summed E-state index contributed by atoms with van der Waals surface area (Å²) in [6.07, 6.45) is 0.785. The molecule has 0 aliphatic heterocycles. The molecule has 6 heteroatoms. The smallest absolute Gasteiger partial charge is 0.251 e. The highest BCUT2D eigenvalue weighted by atomic mass is 35.5. The van der Waals surface area contributed by atoms with Crippen LogP contribution in [0.15, 0.2) is 42.5 Å². The van der Waals surface area contributed by atoms with E-state index in [4.69, 9.17) is 21.1 Å². The normalized spacial score (nSPS) is 11.9. The van der Waals surface area contributed by atoms with Crippen LogP contribution < -0.4 is 14.8 Å². The first-order chi connectivity index (χ1) is 12.4. The molecule has 1 amide bonds. The van der Waals surface area contributed by atoms with E-state index in [9.17, 15) is 4.79 Å². The van der Waals surface area contributed by atoms with Gasteiger partial charge in [-0.2, -0.15) is 0 Å². The highest BCUT2D eigenvalue weighted by molar-refractivity contribution is 6.30. The van der Waals surface area contributed by atoms with Crippen LogP contribution in [0.1, 0.15) is 28.4 Å². The summed E-state index contributed by atoms with van der Waals surface area (Å²) in [5, 5.41) is 3.78. The van der Waals surface area contributed by atoms with Crippen LogP contribution in [0.3, 0.4) is 0 Å². The Morgan fingerprint density at radius 3 is 2.31 bits per heavy atom. The predicted octanol–water partition coefficient (Wildman–Crippen LogP) is 3.78. The van der Waals surface area contributed by atoms with E-state index in [0.29, 0.717) is 22.1 Å². The Morgan fingerprint density at radius 2 is 1.73 bits per heavy atom. The highest BCUT2D eigenvalue weighted by Gasteiger charge is 2.17. The van der Waals surface area contributed by atoms with Crippen molar-refractivity contribution in [3.8, 4) is 11.5 Å². The first kappa shape index (κ1) is 20.1. The minimum Gasteiger partial charge on any atom is -0.493 e. The lowest BCUT2D eigenvalue weighted by Crippen LogP contribution is -2.31. The van der Waals surface area contributed by atoms with Crippen LogP contribution in [0.2, 0.25) is 5.02 Å². The summed E-state index contributed by atoms with van der Waals surface area (Å²) in [6.45, 7) is 0.847. The van der Waals surface area contributed by atoms with Crippen LogP contribution in [0.5, 0.6) is 11.5 Å². The van der Waals surface area contributed by atoms with Gasteiger partial charge in [0, 0.05) is 10.6 Å². The van der Waals surface area contributed by atoms with Crippen LogP contribution in [-0.4, -0.2) is 45.7 Å². The van der Waals surface area contributed by atoms with E-state index < -0.39 is 0 Å². The zero-order valence-electron chi connectivity index (χ0n) is 15.6. The molecule has 0 aliphatic rings. The van der Waals surface area contributed by atoms with E-state index >= 15 is 0 Å². The number of rotatable bonds is 8. The molecule has 0 saturated carbocycles. The van der Waals surface area contributed by atoms with Gasteiger partial charge in [0.15, 0.2) is 11.5 Å². The SMILES string of the molecule is COc1ccc(C(=O)NC(CCN(C)C)c2ccc(Cl)cc2)cc1OC. The Hall–Kier alpha value is -2.24. The second-order valence-corrected chi connectivity index (χ2v) is 6.68. The molecule has 1 N–H and O–H groups in total. The molecule has 0 bridgehead atoms. The first-order valence-corrected chi connectivity index (χ1v) is 8.75. The lowest BCUT2D eigenvalue weighted by atomic mass is 10.0. The number of nitrogens with zero attached hydrogens (tertiary/aromatic N) is 1. The molecule has 0 spiro atoms. The second-order valence-electron chi connectivity index (χ2n) is 6.24. The summed E-state index contributed by atoms with van der Waals surface area (Å²) >= 11 is 5.99. The van der Waals surface area contributed by atoms with Gasteiger partial charge in [-0.25, -0.2) is 0 Å². The monoisotopic (exact) mass is 376 g/mol. The number of carbonyl (C=O) groups excluding carboxylic acids is 1. The minimum atomic E-state index is -0.162. The molecule has 5 nitrogen and oxygen atoms in total. The molecule has 26 heavy (non-hydrogen) atoms. The number of methoxy groups -OCH3 is 2. The van der Waals surface area contributed by atoms with Gasteiger partial charge in [-0.15, -0.1) is 0 Å². The van der Waals surface area contributed by atoms with Crippen molar-refractivity contribution in [3.05, 3.63) is 58.6 Å². The molecular formula is C20H25ClN2O3. The molecule has 0 radical (unpaired) electrons. The Balaban J connectivity index is 2.21. The lowest BCUT2D eigenvalue weighted by molar-refractivity contribution is 0.0932. The Kier molecular flexibility index (Phi) is 7.30. The fourth-order valence-corrected chi connectivity index (χ4v) is 2.75. The molecule has 1 unspecified atom stereocenters. The van der Waals surface area contributed by atoms with Gasteiger partial charge in [-0.05, 0) is 63.0 Å². The molecule has 1 atom stereocenters. The minimum absolute atomic E-state index is 0.115. The van der Waals surface area contributed by atoms with Crippen LogP contribution in [-0.2, 0) is 0 Å². The molecule has 0 aliphatic carbocycles. The van der Waals surface area contributed by atoms with Gasteiger partial charge < -0.3 is 19.7 Å². The van der Waals surface area contributed by atoms with E-state index in [2.05, 4.69) is 10.2 Å². The van der Waals surface area contributed by atoms with E-state index in [1.165, 1.54) is 0 Å². The Bertz CT molecular complexity index is 732. The summed E-state index contributed by atoms with van der Waals surface area (Å²) in [7, 11) is 7.13. The van der Waals surface area contributed by atoms with Crippen LogP contribution in [0.25, 0.3) is 0 Å². The molecular weight excluding hydrogens is 352 g/mol. The van der Waals surface area contributed by atoms with Crippen molar-refractivity contribution in [2.45, 2.75) is 12.5 Å². The van der Waals surface area contributed by atoms with Crippen molar-refractivity contribution < 1.29 is 14.3 Å². The maximum absolute atomic E-state index is 12.8. The molecule has 0 heterocycles. The van der Waals surface area contributed by atoms with Crippen LogP contribution in [0, 0.1) is 0 Å². The quantitative estimate of drug-likeness (QED) is 0.761. The molecule has 140 valence electrons. The summed E-state index contributed by atoms with van der Waals surface area (Å²) in [6, 6.07) is 12.6. The zero-order valence-corrected chi connectivity index (χ0v) is 16.3. The summed E-state index contributed by atoms with van der Waals surface area (Å²) < 4.78 is 10.5. The van der Waals surface area contributed by atoms with E-state index in [1.807, 2.05) is 38.4 Å². The molecule has 2 aromatic rings. The maximum atomic E-state index is 12.8. The van der Waals surface area contributed by atoms with Gasteiger partial charge in [0.2, 0.25) is 0 Å². The predicted molar refractivity (Wildman–Crippen MR) is 104 cm³/mol. The number of halogens is 1. The van der Waals surface area contributed by atoms with E-state index in [1.54, 1.807) is 32.4 Å². The molecule has 0 fully saturated rings. The van der Waals surface area contributed by atoms with E-state index in [0.717, 1.165) is 18.5 Å². The average Bonchev–Trinajstić information content (AvgIpc) is 2.64. The summed E-state index contributed by atoms with van der Waals surface area (Å²) in [5.41, 5.74) is 1.54. The van der Waals surface area contributed by atoms with Gasteiger partial charge in [-0.1, -0.05) is 23.7 Å². The third-order valence-electron chi connectivity index (χ3n) is 4.09. The Labute approximate surface area is 159 Å². The number of benzene rings is 2. The fourth-order valence-electron chi connectivity index (χ4n) is 2.62. The number of ether oxygens (including phenoxy) is 2. The maximum Gasteiger partial charge on any atom is 0.251 e. The zero-order chi connectivity index (χ0) is 19.1. The fraction of sp³-hybridized carbons (Fsp3) is 0.350. The van der Waals surface area contributed by atoms with Crippen molar-refractivity contribution in [2.75, 3.05) is 34.9 Å². The summed E-state index contributed by atoms with van der Waals surface area (Å²) in [5.74, 6) is 0.951. The number of hydrogen-bond donors (Lipinski definition) is 1. The molecule has 2 rings (SSSR count).